The van der Waals surface area contributed by atoms with Gasteiger partial charge in [0.1, 0.15) is 12.4 Å². The maximum Gasteiger partial charge on any atom is 0.256 e. The van der Waals surface area contributed by atoms with Crippen molar-refractivity contribution in [2.24, 2.45) is 0 Å². The molecule has 0 saturated carbocycles. The molecule has 0 amide bonds. The monoisotopic (exact) mass is 700 g/mol. The highest BCUT2D eigenvalue weighted by molar-refractivity contribution is 4.84. The van der Waals surface area contributed by atoms with Crippen molar-refractivity contribution in [1.29, 1.82) is 0 Å². The number of unbranched alkanes of at least 4 members (excludes halogenated alkanes) is 36. The van der Waals surface area contributed by atoms with Gasteiger partial charge in [0.15, 0.2) is 0 Å². The molecule has 0 aliphatic carbocycles. The number of imidazole rings is 1. The predicted molar refractivity (Wildman–Crippen MR) is 225 cm³/mol. The van der Waals surface area contributed by atoms with E-state index in [1.807, 2.05) is 0 Å². The van der Waals surface area contributed by atoms with E-state index in [0.717, 1.165) is 0 Å². The fraction of sp³-hybridized carbons (Fsp3) is 0.938. The average molecular weight is 700 g/mol. The second-order valence-corrected chi connectivity index (χ2v) is 16.6. The van der Waals surface area contributed by atoms with E-state index in [-0.39, 0.29) is 0 Å². The Kier molecular flexibility index (Phi) is 37.2. The van der Waals surface area contributed by atoms with Crippen LogP contribution in [-0.2, 0) is 19.5 Å². The summed E-state index contributed by atoms with van der Waals surface area (Å²) >= 11 is 0. The summed E-state index contributed by atoms with van der Waals surface area (Å²) in [6.45, 7) is 9.41. The van der Waals surface area contributed by atoms with Gasteiger partial charge in [-0.15, -0.1) is 0 Å². The molecule has 0 unspecified atom stereocenters. The predicted octanol–water partition coefficient (Wildman–Crippen LogP) is 16.6. The van der Waals surface area contributed by atoms with Crippen LogP contribution in [0.4, 0.5) is 0 Å². The summed E-state index contributed by atoms with van der Waals surface area (Å²) in [6, 6.07) is 0. The highest BCUT2D eigenvalue weighted by atomic mass is 15.1. The molecule has 0 fully saturated rings. The summed E-state index contributed by atoms with van der Waals surface area (Å²) in [7, 11) is 0. The fourth-order valence-electron chi connectivity index (χ4n) is 8.09. The van der Waals surface area contributed by atoms with Crippen LogP contribution in [0, 0.1) is 0 Å². The van der Waals surface area contributed by atoms with Gasteiger partial charge < -0.3 is 0 Å². The standard InChI is InChI=1S/C48H95N2/c1-4-7-10-13-16-19-21-23-25-26-27-29-31-34-37-40-43-48-49(44-41-38-35-32-18-15-12-9-6-3)46-47-50(48)45-42-39-36-33-30-28-24-22-20-17-14-11-8-5-2/h46-47H,4-45H2,1-3H3/q+1. The van der Waals surface area contributed by atoms with E-state index in [9.17, 15) is 0 Å². The van der Waals surface area contributed by atoms with Gasteiger partial charge in [-0.1, -0.05) is 239 Å². The van der Waals surface area contributed by atoms with Crippen LogP contribution in [0.5, 0.6) is 0 Å². The SMILES string of the molecule is CCCCCCCCCCCCCCCCCCc1n(CCCCCCCCCCCCCCCC)cc[n+]1CCCCCCCCCCC. The van der Waals surface area contributed by atoms with Crippen molar-refractivity contribution in [3.63, 3.8) is 0 Å². The minimum absolute atomic E-state index is 1.23. The van der Waals surface area contributed by atoms with Gasteiger partial charge in [0.25, 0.3) is 5.82 Å². The van der Waals surface area contributed by atoms with E-state index in [2.05, 4.69) is 42.3 Å². The van der Waals surface area contributed by atoms with Gasteiger partial charge in [-0.3, -0.25) is 0 Å². The first-order valence-electron chi connectivity index (χ1n) is 23.9. The first-order chi connectivity index (χ1) is 24.8. The molecule has 1 rings (SSSR count). The highest BCUT2D eigenvalue weighted by Gasteiger charge is 2.16. The third kappa shape index (κ3) is 30.8. The minimum Gasteiger partial charge on any atom is -0.234 e. The molecule has 0 atom stereocenters. The highest BCUT2D eigenvalue weighted by Crippen LogP contribution is 2.17. The van der Waals surface area contributed by atoms with Crippen LogP contribution >= 0.6 is 0 Å². The average Bonchev–Trinajstić information content (AvgIpc) is 3.51. The van der Waals surface area contributed by atoms with E-state index in [4.69, 9.17) is 0 Å². The van der Waals surface area contributed by atoms with Crippen molar-refractivity contribution in [1.82, 2.24) is 4.57 Å². The van der Waals surface area contributed by atoms with E-state index in [1.165, 1.54) is 270 Å². The molecule has 2 nitrogen and oxygen atoms in total. The Morgan fingerprint density at radius 3 is 0.960 bits per heavy atom. The summed E-state index contributed by atoms with van der Waals surface area (Å²) in [5, 5.41) is 0. The third-order valence-electron chi connectivity index (χ3n) is 11.6. The molecular weight excluding hydrogens is 605 g/mol. The lowest BCUT2D eigenvalue weighted by Gasteiger charge is -2.07. The summed E-state index contributed by atoms with van der Waals surface area (Å²) in [6.07, 6.45) is 62.3. The molecule has 1 aromatic heterocycles. The number of aryl methyl sites for hydroxylation is 2. The number of hydrogen-bond donors (Lipinski definition) is 0. The van der Waals surface area contributed by atoms with Crippen molar-refractivity contribution in [3.05, 3.63) is 18.2 Å². The van der Waals surface area contributed by atoms with Crippen LogP contribution in [0.25, 0.3) is 0 Å². The maximum atomic E-state index is 2.65. The zero-order valence-electron chi connectivity index (χ0n) is 35.2. The normalized spacial score (nSPS) is 11.7. The molecule has 0 aliphatic heterocycles. The van der Waals surface area contributed by atoms with Gasteiger partial charge >= 0.3 is 0 Å². The molecule has 0 saturated heterocycles. The van der Waals surface area contributed by atoms with Crippen molar-refractivity contribution in [2.75, 3.05) is 0 Å². The fourth-order valence-corrected chi connectivity index (χ4v) is 8.09. The quantitative estimate of drug-likeness (QED) is 0.0474. The van der Waals surface area contributed by atoms with Crippen molar-refractivity contribution in [3.8, 4) is 0 Å². The molecule has 0 spiro atoms. The van der Waals surface area contributed by atoms with E-state index < -0.39 is 0 Å². The minimum atomic E-state index is 1.23. The molecular formula is C48H95N2+. The van der Waals surface area contributed by atoms with E-state index in [0.29, 0.717) is 0 Å². The smallest absolute Gasteiger partial charge is 0.234 e. The molecule has 296 valence electrons. The second-order valence-electron chi connectivity index (χ2n) is 16.6. The Labute approximate surface area is 317 Å². The van der Waals surface area contributed by atoms with Gasteiger partial charge in [-0.05, 0) is 32.1 Å². The van der Waals surface area contributed by atoms with Crippen molar-refractivity contribution >= 4 is 0 Å². The van der Waals surface area contributed by atoms with Gasteiger partial charge in [0.2, 0.25) is 0 Å². The zero-order chi connectivity index (χ0) is 35.8. The zero-order valence-corrected chi connectivity index (χ0v) is 35.2. The molecule has 0 N–H and O–H groups in total. The number of hydrogen-bond acceptors (Lipinski definition) is 0. The lowest BCUT2D eigenvalue weighted by molar-refractivity contribution is -0.704. The molecule has 1 aromatic rings. The number of nitrogens with zero attached hydrogens (tertiary/aromatic N) is 2. The first kappa shape index (κ1) is 47.2. The molecule has 0 aliphatic rings. The van der Waals surface area contributed by atoms with Crippen LogP contribution in [0.1, 0.15) is 277 Å². The molecule has 0 radical (unpaired) electrons. The third-order valence-corrected chi connectivity index (χ3v) is 11.6. The number of aromatic nitrogens is 2. The van der Waals surface area contributed by atoms with E-state index >= 15 is 0 Å². The summed E-state index contributed by atoms with van der Waals surface area (Å²) < 4.78 is 5.30. The topological polar surface area (TPSA) is 8.81 Å². The first-order valence-corrected chi connectivity index (χ1v) is 23.9. The Morgan fingerprint density at radius 2 is 0.620 bits per heavy atom. The maximum absolute atomic E-state index is 2.65. The summed E-state index contributed by atoms with van der Waals surface area (Å²) in [5.74, 6) is 1.63. The van der Waals surface area contributed by atoms with Gasteiger partial charge in [0, 0.05) is 6.42 Å². The van der Waals surface area contributed by atoms with Crippen LogP contribution < -0.4 is 4.57 Å². The molecule has 50 heavy (non-hydrogen) atoms. The van der Waals surface area contributed by atoms with Gasteiger partial charge in [0.05, 0.1) is 13.1 Å². The Bertz CT molecular complexity index is 766. The van der Waals surface area contributed by atoms with Crippen molar-refractivity contribution < 1.29 is 4.57 Å². The molecule has 1 heterocycles. The van der Waals surface area contributed by atoms with Crippen LogP contribution in [-0.4, -0.2) is 4.57 Å². The second kappa shape index (κ2) is 39.4. The molecule has 2 heteroatoms. The van der Waals surface area contributed by atoms with E-state index in [1.54, 1.807) is 5.82 Å². The van der Waals surface area contributed by atoms with Crippen LogP contribution in [0.2, 0.25) is 0 Å². The Hall–Kier alpha value is -0.790. The largest absolute Gasteiger partial charge is 0.256 e. The van der Waals surface area contributed by atoms with Gasteiger partial charge in [-0.2, -0.15) is 0 Å². The molecule has 0 aromatic carbocycles. The van der Waals surface area contributed by atoms with Crippen molar-refractivity contribution in [2.45, 2.75) is 291 Å². The number of rotatable bonds is 42. The van der Waals surface area contributed by atoms with Crippen LogP contribution in [0.3, 0.4) is 0 Å². The Morgan fingerprint density at radius 1 is 0.340 bits per heavy atom. The van der Waals surface area contributed by atoms with Crippen LogP contribution in [0.15, 0.2) is 12.4 Å². The lowest BCUT2D eigenvalue weighted by Crippen LogP contribution is -2.37. The van der Waals surface area contributed by atoms with Gasteiger partial charge in [-0.25, -0.2) is 9.13 Å². The molecule has 0 bridgehead atoms. The lowest BCUT2D eigenvalue weighted by atomic mass is 10.0. The Balaban J connectivity index is 2.24. The summed E-state index contributed by atoms with van der Waals surface area (Å²) in [5.41, 5.74) is 0. The summed E-state index contributed by atoms with van der Waals surface area (Å²) in [4.78, 5) is 0.